The van der Waals surface area contributed by atoms with E-state index in [1.165, 1.54) is 12.8 Å². The van der Waals surface area contributed by atoms with Gasteiger partial charge in [-0.3, -0.25) is 9.69 Å². The molecule has 7 heteroatoms. The van der Waals surface area contributed by atoms with E-state index in [1.54, 1.807) is 0 Å². The summed E-state index contributed by atoms with van der Waals surface area (Å²) in [4.78, 5) is 21.1. The summed E-state index contributed by atoms with van der Waals surface area (Å²) in [5, 5.41) is 7.04. The lowest BCUT2D eigenvalue weighted by Crippen LogP contribution is -2.48. The van der Waals surface area contributed by atoms with Crippen molar-refractivity contribution in [3.63, 3.8) is 0 Å². The minimum absolute atomic E-state index is 0.152. The van der Waals surface area contributed by atoms with E-state index < -0.39 is 0 Å². The lowest BCUT2D eigenvalue weighted by Gasteiger charge is -2.36. The van der Waals surface area contributed by atoms with Gasteiger partial charge in [-0.15, -0.1) is 0 Å². The number of piperazine rings is 1. The van der Waals surface area contributed by atoms with Crippen molar-refractivity contribution in [1.29, 1.82) is 0 Å². The molecule has 7 nitrogen and oxygen atoms in total. The Morgan fingerprint density at radius 3 is 2.62 bits per heavy atom. The van der Waals surface area contributed by atoms with Gasteiger partial charge in [0, 0.05) is 45.2 Å². The first-order valence-corrected chi connectivity index (χ1v) is 9.18. The van der Waals surface area contributed by atoms with Crippen LogP contribution in [0.3, 0.4) is 0 Å². The molecule has 1 saturated heterocycles. The number of amides is 1. The van der Waals surface area contributed by atoms with Crippen molar-refractivity contribution in [1.82, 2.24) is 25.3 Å². The molecule has 1 aromatic heterocycles. The average molecular weight is 335 g/mol. The fraction of sp³-hybridized carbons (Fsp3) is 0.824. The summed E-state index contributed by atoms with van der Waals surface area (Å²) in [5.41, 5.74) is 0. The largest absolute Gasteiger partial charge is 0.353 e. The lowest BCUT2D eigenvalue weighted by molar-refractivity contribution is -0.122. The predicted molar refractivity (Wildman–Crippen MR) is 90.5 cm³/mol. The molecule has 1 N–H and O–H groups in total. The van der Waals surface area contributed by atoms with Crippen molar-refractivity contribution in [3.05, 3.63) is 11.7 Å². The molecule has 1 saturated carbocycles. The van der Waals surface area contributed by atoms with Crippen LogP contribution in [0, 0.1) is 6.92 Å². The summed E-state index contributed by atoms with van der Waals surface area (Å²) in [5.74, 6) is 1.58. The van der Waals surface area contributed by atoms with Gasteiger partial charge >= 0.3 is 0 Å². The predicted octanol–water partition coefficient (Wildman–Crippen LogP) is 1.51. The van der Waals surface area contributed by atoms with E-state index in [4.69, 9.17) is 4.52 Å². The normalized spacial score (nSPS) is 21.9. The van der Waals surface area contributed by atoms with Gasteiger partial charge in [0.15, 0.2) is 5.82 Å². The third kappa shape index (κ3) is 4.54. The number of aromatic nitrogens is 2. The van der Waals surface area contributed by atoms with Crippen molar-refractivity contribution in [2.24, 2.45) is 0 Å². The van der Waals surface area contributed by atoms with E-state index >= 15 is 0 Å². The van der Waals surface area contributed by atoms with Crippen LogP contribution in [0.25, 0.3) is 0 Å². The minimum Gasteiger partial charge on any atom is -0.353 e. The lowest BCUT2D eigenvalue weighted by atomic mass is 10.2. The highest BCUT2D eigenvalue weighted by Gasteiger charge is 2.25. The molecule has 1 amide bonds. The van der Waals surface area contributed by atoms with E-state index in [9.17, 15) is 4.79 Å². The SMILES string of the molecule is Cc1noc(C(C)N2CCN(CCC(=O)NC3CCCC3)CC2)n1. The van der Waals surface area contributed by atoms with Gasteiger partial charge < -0.3 is 14.7 Å². The number of aryl methyl sites for hydroxylation is 1. The maximum atomic E-state index is 12.0. The maximum Gasteiger partial charge on any atom is 0.243 e. The van der Waals surface area contributed by atoms with Crippen molar-refractivity contribution >= 4 is 5.91 Å². The van der Waals surface area contributed by atoms with Gasteiger partial charge in [0.2, 0.25) is 11.8 Å². The van der Waals surface area contributed by atoms with E-state index in [1.807, 2.05) is 6.92 Å². The summed E-state index contributed by atoms with van der Waals surface area (Å²) >= 11 is 0. The smallest absolute Gasteiger partial charge is 0.243 e. The fourth-order valence-corrected chi connectivity index (χ4v) is 3.64. The van der Waals surface area contributed by atoms with Crippen LogP contribution in [-0.2, 0) is 4.79 Å². The Hall–Kier alpha value is -1.47. The zero-order chi connectivity index (χ0) is 16.9. The second-order valence-corrected chi connectivity index (χ2v) is 7.03. The van der Waals surface area contributed by atoms with Gasteiger partial charge in [0.05, 0.1) is 6.04 Å². The molecule has 1 aliphatic carbocycles. The molecule has 1 aromatic rings. The van der Waals surface area contributed by atoms with Crippen LogP contribution >= 0.6 is 0 Å². The third-order valence-electron chi connectivity index (χ3n) is 5.23. The van der Waals surface area contributed by atoms with Gasteiger partial charge in [0.25, 0.3) is 0 Å². The Balaban J connectivity index is 1.36. The highest BCUT2D eigenvalue weighted by atomic mass is 16.5. The first-order valence-electron chi connectivity index (χ1n) is 9.18. The molecule has 2 aliphatic rings. The second-order valence-electron chi connectivity index (χ2n) is 7.03. The molecule has 3 rings (SSSR count). The number of carbonyl (C=O) groups is 1. The molecule has 2 fully saturated rings. The Bertz CT molecular complexity index is 533. The highest BCUT2D eigenvalue weighted by Crippen LogP contribution is 2.20. The molecule has 134 valence electrons. The standard InChI is InChI=1S/C17H29N5O2/c1-13(17-18-14(2)20-24-17)22-11-9-21(10-12-22)8-7-16(23)19-15-5-3-4-6-15/h13,15H,3-12H2,1-2H3,(H,19,23). The molecule has 0 spiro atoms. The summed E-state index contributed by atoms with van der Waals surface area (Å²) in [6, 6.07) is 0.576. The number of nitrogens with one attached hydrogen (secondary N) is 1. The zero-order valence-corrected chi connectivity index (χ0v) is 14.8. The monoisotopic (exact) mass is 335 g/mol. The molecule has 0 radical (unpaired) electrons. The number of carbonyl (C=O) groups excluding carboxylic acids is 1. The number of rotatable bonds is 6. The zero-order valence-electron chi connectivity index (χ0n) is 14.8. The van der Waals surface area contributed by atoms with Crippen LogP contribution in [-0.4, -0.2) is 64.6 Å². The second kappa shape index (κ2) is 8.07. The number of nitrogens with zero attached hydrogens (tertiary/aromatic N) is 4. The van der Waals surface area contributed by atoms with E-state index in [-0.39, 0.29) is 11.9 Å². The van der Waals surface area contributed by atoms with Crippen LogP contribution in [0.1, 0.15) is 56.8 Å². The maximum absolute atomic E-state index is 12.0. The molecule has 1 atom stereocenters. The molecule has 2 heterocycles. The van der Waals surface area contributed by atoms with Crippen molar-refractivity contribution in [2.45, 2.75) is 58.0 Å². The Kier molecular flexibility index (Phi) is 5.84. The molecule has 1 unspecified atom stereocenters. The summed E-state index contributed by atoms with van der Waals surface area (Å²) in [6.07, 6.45) is 5.42. The topological polar surface area (TPSA) is 74.5 Å². The van der Waals surface area contributed by atoms with Crippen molar-refractivity contribution in [3.8, 4) is 0 Å². The summed E-state index contributed by atoms with van der Waals surface area (Å²) in [6.45, 7) is 8.69. The van der Waals surface area contributed by atoms with Crippen LogP contribution in [0.4, 0.5) is 0 Å². The van der Waals surface area contributed by atoms with Gasteiger partial charge in [-0.25, -0.2) is 0 Å². The summed E-state index contributed by atoms with van der Waals surface area (Å²) in [7, 11) is 0. The summed E-state index contributed by atoms with van der Waals surface area (Å²) < 4.78 is 5.28. The van der Waals surface area contributed by atoms with Gasteiger partial charge in [0.1, 0.15) is 0 Å². The Morgan fingerprint density at radius 2 is 2.00 bits per heavy atom. The first-order chi connectivity index (χ1) is 11.6. The van der Waals surface area contributed by atoms with Crippen LogP contribution in [0.5, 0.6) is 0 Å². The van der Waals surface area contributed by atoms with Gasteiger partial charge in [-0.05, 0) is 26.7 Å². The Labute approximate surface area is 143 Å². The van der Waals surface area contributed by atoms with Crippen LogP contribution < -0.4 is 5.32 Å². The van der Waals surface area contributed by atoms with Crippen molar-refractivity contribution < 1.29 is 9.32 Å². The molecule has 0 bridgehead atoms. The molecule has 1 aliphatic heterocycles. The minimum atomic E-state index is 0.152. The van der Waals surface area contributed by atoms with Crippen molar-refractivity contribution in [2.75, 3.05) is 32.7 Å². The highest BCUT2D eigenvalue weighted by molar-refractivity contribution is 5.76. The molecular formula is C17H29N5O2. The fourth-order valence-electron chi connectivity index (χ4n) is 3.64. The average Bonchev–Trinajstić information content (AvgIpc) is 3.24. The van der Waals surface area contributed by atoms with E-state index in [0.29, 0.717) is 24.2 Å². The molecule has 24 heavy (non-hydrogen) atoms. The quantitative estimate of drug-likeness (QED) is 0.849. The molecular weight excluding hydrogens is 306 g/mol. The number of hydrogen-bond donors (Lipinski definition) is 1. The van der Waals surface area contributed by atoms with Gasteiger partial charge in [-0.1, -0.05) is 18.0 Å². The molecule has 0 aromatic carbocycles. The first kappa shape index (κ1) is 17.4. The van der Waals surface area contributed by atoms with E-state index in [2.05, 4.69) is 32.2 Å². The van der Waals surface area contributed by atoms with Crippen LogP contribution in [0.2, 0.25) is 0 Å². The van der Waals surface area contributed by atoms with Crippen LogP contribution in [0.15, 0.2) is 4.52 Å². The Morgan fingerprint density at radius 1 is 1.29 bits per heavy atom. The number of hydrogen-bond acceptors (Lipinski definition) is 6. The third-order valence-corrected chi connectivity index (χ3v) is 5.23. The van der Waals surface area contributed by atoms with Gasteiger partial charge in [-0.2, -0.15) is 4.98 Å². The van der Waals surface area contributed by atoms with E-state index in [0.717, 1.165) is 45.6 Å².